The number of likely N-dealkylation sites (N-methyl/N-ethyl adjacent to an activating group) is 1. The van der Waals surface area contributed by atoms with Crippen LogP contribution in [0.3, 0.4) is 0 Å². The Hall–Kier alpha value is -1.79. The Kier molecular flexibility index (Phi) is 5.65. The van der Waals surface area contributed by atoms with E-state index in [1.807, 2.05) is 22.6 Å². The Morgan fingerprint density at radius 3 is 2.38 bits per heavy atom. The van der Waals surface area contributed by atoms with Gasteiger partial charge in [-0.1, -0.05) is 22.6 Å². The smallest absolute Gasteiger partial charge is 0.235 e. The third kappa shape index (κ3) is 2.95. The van der Waals surface area contributed by atoms with Crippen molar-refractivity contribution in [1.82, 2.24) is 4.90 Å². The second-order valence-corrected chi connectivity index (χ2v) is 8.82. The highest BCUT2D eigenvalue weighted by Gasteiger charge is 2.69. The number of allylic oxidation sites excluding steroid dienone is 2. The second-order valence-electron chi connectivity index (χ2n) is 8.06. The largest absolute Gasteiger partial charge is 0.374 e. The van der Waals surface area contributed by atoms with Crippen molar-refractivity contribution in [2.45, 2.75) is 24.5 Å². The minimum absolute atomic E-state index is 0.0523. The third-order valence-electron chi connectivity index (χ3n) is 6.38. The Balaban J connectivity index is 2.17. The first kappa shape index (κ1) is 21.9. The van der Waals surface area contributed by atoms with E-state index < -0.39 is 64.4 Å². The number of hydrogen-bond acceptors (Lipinski definition) is 8. The lowest BCUT2D eigenvalue weighted by molar-refractivity contribution is -0.183. The van der Waals surface area contributed by atoms with Crippen LogP contribution in [0.15, 0.2) is 11.1 Å². The molecule has 3 aliphatic rings. The van der Waals surface area contributed by atoms with Gasteiger partial charge in [-0.15, -0.1) is 0 Å². The number of amides is 1. The van der Waals surface area contributed by atoms with Crippen LogP contribution < -0.4 is 5.73 Å². The van der Waals surface area contributed by atoms with Crippen LogP contribution in [-0.2, 0) is 28.8 Å². The van der Waals surface area contributed by atoms with E-state index in [0.29, 0.717) is 16.3 Å². The topological polar surface area (TPSA) is 152 Å². The van der Waals surface area contributed by atoms with E-state index in [9.17, 15) is 33.9 Å². The quantitative estimate of drug-likeness (QED) is 0.153. The molecule has 1 amide bonds. The number of rotatable bonds is 4. The first-order valence-electron chi connectivity index (χ1n) is 9.10. The number of Topliss-reactive ketones (excluding diaryl/α,β-unsaturated/α-hetero) is 4. The zero-order valence-corrected chi connectivity index (χ0v) is 18.0. The van der Waals surface area contributed by atoms with Gasteiger partial charge in [-0.05, 0) is 38.4 Å². The summed E-state index contributed by atoms with van der Waals surface area (Å²) in [5, 5.41) is 11.3. The fourth-order valence-electron chi connectivity index (χ4n) is 5.10. The van der Waals surface area contributed by atoms with Crippen LogP contribution >= 0.6 is 22.6 Å². The molecule has 0 radical (unpaired) electrons. The van der Waals surface area contributed by atoms with E-state index in [1.54, 1.807) is 14.1 Å². The van der Waals surface area contributed by atoms with Crippen LogP contribution in [0.1, 0.15) is 12.8 Å². The summed E-state index contributed by atoms with van der Waals surface area (Å²) in [6, 6.07) is -1.09. The number of aldehydes is 1. The lowest BCUT2D eigenvalue weighted by Crippen LogP contribution is -2.74. The van der Waals surface area contributed by atoms with Crippen LogP contribution in [0, 0.1) is 23.7 Å². The monoisotopic (exact) mass is 516 g/mol. The maximum atomic E-state index is 13.3. The molecule has 0 spiro atoms. The van der Waals surface area contributed by atoms with Gasteiger partial charge >= 0.3 is 0 Å². The maximum absolute atomic E-state index is 13.3. The van der Waals surface area contributed by atoms with Crippen LogP contribution in [0.4, 0.5) is 0 Å². The van der Waals surface area contributed by atoms with Gasteiger partial charge in [-0.25, -0.2) is 0 Å². The summed E-state index contributed by atoms with van der Waals surface area (Å²) in [5.74, 6) is -10.0. The first-order chi connectivity index (χ1) is 13.5. The molecule has 10 heteroatoms. The SMILES string of the molecule is CN(C)[C@@H]1C(=O)C(C(N)=O)C(=O)[C@@]2(O)C(=O)C3C(=O)C(C=O)=C(CI)CC3CC12. The molecule has 0 aliphatic heterocycles. The molecule has 0 bridgehead atoms. The highest BCUT2D eigenvalue weighted by Crippen LogP contribution is 2.50. The molecule has 0 aromatic carbocycles. The molecule has 2 fully saturated rings. The molecule has 3 rings (SSSR count). The van der Waals surface area contributed by atoms with Crippen molar-refractivity contribution in [3.05, 3.63) is 11.1 Å². The van der Waals surface area contributed by atoms with Crippen molar-refractivity contribution >= 4 is 57.9 Å². The molecule has 0 saturated heterocycles. The van der Waals surface area contributed by atoms with E-state index in [4.69, 9.17) is 5.73 Å². The number of hydrogen-bond donors (Lipinski definition) is 2. The van der Waals surface area contributed by atoms with Crippen molar-refractivity contribution in [2.24, 2.45) is 29.4 Å². The van der Waals surface area contributed by atoms with Gasteiger partial charge in [-0.3, -0.25) is 33.7 Å². The summed E-state index contributed by atoms with van der Waals surface area (Å²) in [4.78, 5) is 76.7. The molecule has 0 aromatic heterocycles. The number of ketones is 4. The molecule has 29 heavy (non-hydrogen) atoms. The normalized spacial score (nSPS) is 37.5. The van der Waals surface area contributed by atoms with E-state index in [1.165, 1.54) is 4.90 Å². The molecule has 156 valence electrons. The van der Waals surface area contributed by atoms with Gasteiger partial charge in [0.2, 0.25) is 5.91 Å². The second kappa shape index (κ2) is 7.47. The fourth-order valence-corrected chi connectivity index (χ4v) is 5.82. The van der Waals surface area contributed by atoms with E-state index >= 15 is 0 Å². The van der Waals surface area contributed by atoms with Crippen molar-refractivity contribution in [2.75, 3.05) is 18.5 Å². The maximum Gasteiger partial charge on any atom is 0.235 e. The molecule has 3 aliphatic carbocycles. The standard InChI is InChI=1S/C19H21IN2O7/c1-22(2)13-10-4-7-3-8(5-20)9(6-23)14(24)11(7)16(26)19(10,29)17(27)12(15(13)25)18(21)28/h6-7,10-13,29H,3-5H2,1-2H3,(H2,21,28)/t7?,10?,11?,12?,13-,19-/m0/s1. The Bertz CT molecular complexity index is 880. The number of alkyl halides is 1. The van der Waals surface area contributed by atoms with Crippen LogP contribution in [0.25, 0.3) is 0 Å². The molecule has 0 heterocycles. The lowest BCUT2D eigenvalue weighted by atomic mass is 9.52. The minimum Gasteiger partial charge on any atom is -0.374 e. The number of fused-ring (bicyclic) bond motifs is 2. The highest BCUT2D eigenvalue weighted by molar-refractivity contribution is 14.1. The predicted molar refractivity (Wildman–Crippen MR) is 107 cm³/mol. The third-order valence-corrected chi connectivity index (χ3v) is 7.30. The number of carbonyl (C=O) groups excluding carboxylic acids is 6. The summed E-state index contributed by atoms with van der Waals surface area (Å²) in [6.45, 7) is 0. The van der Waals surface area contributed by atoms with Crippen molar-refractivity contribution in [1.29, 1.82) is 0 Å². The molecule has 4 unspecified atom stereocenters. The molecular weight excluding hydrogens is 495 g/mol. The number of primary amides is 1. The van der Waals surface area contributed by atoms with Crippen LogP contribution in [0.5, 0.6) is 0 Å². The van der Waals surface area contributed by atoms with Gasteiger partial charge in [-0.2, -0.15) is 0 Å². The van der Waals surface area contributed by atoms with E-state index in [0.717, 1.165) is 0 Å². The van der Waals surface area contributed by atoms with Crippen LogP contribution in [-0.4, -0.2) is 75.5 Å². The van der Waals surface area contributed by atoms with E-state index in [2.05, 4.69) is 0 Å². The molecule has 2 saturated carbocycles. The van der Waals surface area contributed by atoms with Crippen LogP contribution in [0.2, 0.25) is 0 Å². The summed E-state index contributed by atoms with van der Waals surface area (Å²) in [6.07, 6.45) is 0.737. The number of nitrogens with two attached hydrogens (primary N) is 1. The van der Waals surface area contributed by atoms with Crippen molar-refractivity contribution < 1.29 is 33.9 Å². The molecule has 6 atom stereocenters. The Morgan fingerprint density at radius 2 is 1.90 bits per heavy atom. The average molecular weight is 516 g/mol. The van der Waals surface area contributed by atoms with E-state index in [-0.39, 0.29) is 18.4 Å². The Morgan fingerprint density at radius 1 is 1.28 bits per heavy atom. The van der Waals surface area contributed by atoms with Gasteiger partial charge in [0.05, 0.1) is 17.5 Å². The van der Waals surface area contributed by atoms with Gasteiger partial charge in [0.15, 0.2) is 40.9 Å². The first-order valence-corrected chi connectivity index (χ1v) is 10.6. The summed E-state index contributed by atoms with van der Waals surface area (Å²) in [5.41, 5.74) is 3.05. The number of halogens is 1. The van der Waals surface area contributed by atoms with Gasteiger partial charge in [0.25, 0.3) is 0 Å². The number of nitrogens with zero attached hydrogens (tertiary/aromatic N) is 1. The number of aliphatic hydroxyl groups is 1. The lowest BCUT2D eigenvalue weighted by Gasteiger charge is -2.52. The van der Waals surface area contributed by atoms with Gasteiger partial charge in [0, 0.05) is 10.3 Å². The fraction of sp³-hybridized carbons (Fsp3) is 0.579. The summed E-state index contributed by atoms with van der Waals surface area (Å²) < 4.78 is 0.419. The summed E-state index contributed by atoms with van der Waals surface area (Å²) in [7, 11) is 3.08. The predicted octanol–water partition coefficient (Wildman–Crippen LogP) is -1.37. The minimum atomic E-state index is -2.69. The van der Waals surface area contributed by atoms with Gasteiger partial charge < -0.3 is 10.8 Å². The summed E-state index contributed by atoms with van der Waals surface area (Å²) >= 11 is 2.02. The average Bonchev–Trinajstić information content (AvgIpc) is 2.63. The molecule has 3 N–H and O–H groups in total. The molecule has 9 nitrogen and oxygen atoms in total. The Labute approximate surface area is 180 Å². The zero-order chi connectivity index (χ0) is 21.8. The molecule has 0 aromatic rings. The molecular formula is C19H21IN2O7. The van der Waals surface area contributed by atoms with Crippen molar-refractivity contribution in [3.63, 3.8) is 0 Å². The zero-order valence-electron chi connectivity index (χ0n) is 15.9. The van der Waals surface area contributed by atoms with Crippen molar-refractivity contribution in [3.8, 4) is 0 Å². The highest BCUT2D eigenvalue weighted by atomic mass is 127. The number of carbonyl (C=O) groups is 6. The van der Waals surface area contributed by atoms with Gasteiger partial charge in [0.1, 0.15) is 0 Å².